The number of hydrogen-bond acceptors (Lipinski definition) is 3. The van der Waals surface area contributed by atoms with Gasteiger partial charge < -0.3 is 0 Å². The first-order chi connectivity index (χ1) is 10.8. The van der Waals surface area contributed by atoms with Crippen molar-refractivity contribution in [3.8, 4) is 0 Å². The lowest BCUT2D eigenvalue weighted by Crippen LogP contribution is -2.17. The highest BCUT2D eigenvalue weighted by Crippen LogP contribution is 2.31. The molecule has 0 aliphatic heterocycles. The minimum atomic E-state index is -0.210. The second-order valence-corrected chi connectivity index (χ2v) is 7.04. The predicted molar refractivity (Wildman–Crippen MR) is 96.3 cm³/mol. The van der Waals surface area contributed by atoms with E-state index in [0.717, 1.165) is 20.8 Å². The van der Waals surface area contributed by atoms with Crippen LogP contribution in [0, 0.1) is 0 Å². The van der Waals surface area contributed by atoms with Gasteiger partial charge in [0, 0.05) is 9.40 Å². The van der Waals surface area contributed by atoms with Gasteiger partial charge in [-0.2, -0.15) is 0 Å². The zero-order valence-electron chi connectivity index (χ0n) is 11.5. The minimum Gasteiger partial charge on any atom is -0.299 e. The molecule has 4 rings (SSSR count). The SMILES string of the molecule is O=C(Nc1cc2ccccc2s1)Nc1cc2ccccc2s1. The molecule has 5 heteroatoms. The molecule has 0 atom stereocenters. The molecule has 0 bridgehead atoms. The summed E-state index contributed by atoms with van der Waals surface area (Å²) in [4.78, 5) is 12.1. The maximum Gasteiger partial charge on any atom is 0.324 e. The van der Waals surface area contributed by atoms with Gasteiger partial charge in [0.15, 0.2) is 0 Å². The third-order valence-corrected chi connectivity index (χ3v) is 5.39. The number of rotatable bonds is 2. The first-order valence-corrected chi connectivity index (χ1v) is 8.46. The van der Waals surface area contributed by atoms with E-state index in [1.165, 1.54) is 9.40 Å². The highest BCUT2D eigenvalue weighted by Gasteiger charge is 2.08. The summed E-state index contributed by atoms with van der Waals surface area (Å²) in [5, 5.41) is 9.78. The molecule has 0 fully saturated rings. The maximum atomic E-state index is 12.1. The summed E-state index contributed by atoms with van der Waals surface area (Å²) in [5.74, 6) is 0. The van der Waals surface area contributed by atoms with Gasteiger partial charge in [-0.1, -0.05) is 36.4 Å². The molecule has 0 unspecified atom stereocenters. The van der Waals surface area contributed by atoms with Crippen molar-refractivity contribution >= 4 is 58.9 Å². The van der Waals surface area contributed by atoms with E-state index in [9.17, 15) is 4.79 Å². The van der Waals surface area contributed by atoms with Gasteiger partial charge in [0.2, 0.25) is 0 Å². The molecule has 0 saturated heterocycles. The normalized spacial score (nSPS) is 10.9. The van der Waals surface area contributed by atoms with Crippen LogP contribution in [0.1, 0.15) is 0 Å². The van der Waals surface area contributed by atoms with Gasteiger partial charge in [-0.25, -0.2) is 4.79 Å². The van der Waals surface area contributed by atoms with Gasteiger partial charge in [-0.05, 0) is 35.0 Å². The molecule has 2 amide bonds. The van der Waals surface area contributed by atoms with Gasteiger partial charge in [0.1, 0.15) is 0 Å². The molecule has 108 valence electrons. The van der Waals surface area contributed by atoms with Crippen molar-refractivity contribution in [2.45, 2.75) is 0 Å². The van der Waals surface area contributed by atoms with Crippen LogP contribution in [0.25, 0.3) is 20.2 Å². The number of anilines is 2. The number of benzene rings is 2. The molecule has 0 radical (unpaired) electrons. The predicted octanol–water partition coefficient (Wildman–Crippen LogP) is 5.76. The van der Waals surface area contributed by atoms with Crippen LogP contribution in [-0.4, -0.2) is 6.03 Å². The standard InChI is InChI=1S/C17H12N2OS2/c20-17(18-15-9-11-5-1-3-7-13(11)21-15)19-16-10-12-6-2-4-8-14(12)22-16/h1-10H,(H2,18,19,20). The fraction of sp³-hybridized carbons (Fsp3) is 0. The quantitative estimate of drug-likeness (QED) is 0.483. The van der Waals surface area contributed by atoms with E-state index in [1.54, 1.807) is 22.7 Å². The molecule has 3 nitrogen and oxygen atoms in total. The lowest BCUT2D eigenvalue weighted by Gasteiger charge is -2.02. The van der Waals surface area contributed by atoms with Crippen LogP contribution in [-0.2, 0) is 0 Å². The van der Waals surface area contributed by atoms with Crippen LogP contribution >= 0.6 is 22.7 Å². The molecule has 22 heavy (non-hydrogen) atoms. The van der Waals surface area contributed by atoms with Gasteiger partial charge in [0.05, 0.1) is 10.0 Å². The largest absolute Gasteiger partial charge is 0.324 e. The van der Waals surface area contributed by atoms with Gasteiger partial charge in [-0.15, -0.1) is 22.7 Å². The lowest BCUT2D eigenvalue weighted by atomic mass is 10.3. The van der Waals surface area contributed by atoms with Crippen molar-refractivity contribution in [1.29, 1.82) is 0 Å². The summed E-state index contributed by atoms with van der Waals surface area (Å²) in [6.45, 7) is 0. The summed E-state index contributed by atoms with van der Waals surface area (Å²) in [5.41, 5.74) is 0. The van der Waals surface area contributed by atoms with Crippen molar-refractivity contribution in [3.63, 3.8) is 0 Å². The molecule has 0 aliphatic rings. The van der Waals surface area contributed by atoms with Crippen LogP contribution in [0.15, 0.2) is 60.7 Å². The Bertz CT molecular complexity index is 827. The third-order valence-electron chi connectivity index (χ3n) is 3.32. The van der Waals surface area contributed by atoms with Crippen molar-refractivity contribution in [2.24, 2.45) is 0 Å². The second-order valence-electron chi connectivity index (χ2n) is 4.88. The van der Waals surface area contributed by atoms with Crippen molar-refractivity contribution in [3.05, 3.63) is 60.7 Å². The van der Waals surface area contributed by atoms with Crippen molar-refractivity contribution in [1.82, 2.24) is 0 Å². The molecular formula is C17H12N2OS2. The Morgan fingerprint density at radius 2 is 1.18 bits per heavy atom. The number of urea groups is 1. The smallest absolute Gasteiger partial charge is 0.299 e. The highest BCUT2D eigenvalue weighted by molar-refractivity contribution is 7.23. The lowest BCUT2D eigenvalue weighted by molar-refractivity contribution is 0.262. The summed E-state index contributed by atoms with van der Waals surface area (Å²) in [7, 11) is 0. The topological polar surface area (TPSA) is 41.1 Å². The Morgan fingerprint density at radius 3 is 1.64 bits per heavy atom. The van der Waals surface area contributed by atoms with E-state index in [0.29, 0.717) is 0 Å². The monoisotopic (exact) mass is 324 g/mol. The van der Waals surface area contributed by atoms with Crippen molar-refractivity contribution < 1.29 is 4.79 Å². The van der Waals surface area contributed by atoms with E-state index in [-0.39, 0.29) is 6.03 Å². The zero-order valence-corrected chi connectivity index (χ0v) is 13.1. The average molecular weight is 324 g/mol. The summed E-state index contributed by atoms with van der Waals surface area (Å²) < 4.78 is 2.33. The summed E-state index contributed by atoms with van der Waals surface area (Å²) >= 11 is 3.15. The molecule has 2 heterocycles. The first kappa shape index (κ1) is 13.3. The maximum absolute atomic E-state index is 12.1. The fourth-order valence-electron chi connectivity index (χ4n) is 2.34. The Kier molecular flexibility index (Phi) is 3.29. The van der Waals surface area contributed by atoms with Crippen LogP contribution in [0.5, 0.6) is 0 Å². The summed E-state index contributed by atoms with van der Waals surface area (Å²) in [6, 6.07) is 19.9. The van der Waals surface area contributed by atoms with Gasteiger partial charge in [0.25, 0.3) is 0 Å². The minimum absolute atomic E-state index is 0.210. The first-order valence-electron chi connectivity index (χ1n) is 6.83. The molecule has 0 spiro atoms. The number of nitrogens with one attached hydrogen (secondary N) is 2. The van der Waals surface area contributed by atoms with E-state index in [4.69, 9.17) is 0 Å². The van der Waals surface area contributed by atoms with Crippen LogP contribution in [0.4, 0.5) is 14.8 Å². The van der Waals surface area contributed by atoms with Gasteiger partial charge >= 0.3 is 6.03 Å². The Morgan fingerprint density at radius 1 is 0.727 bits per heavy atom. The number of thiophene rings is 2. The number of fused-ring (bicyclic) bond motifs is 2. The number of hydrogen-bond donors (Lipinski definition) is 2. The Hall–Kier alpha value is -2.37. The van der Waals surface area contributed by atoms with E-state index < -0.39 is 0 Å². The summed E-state index contributed by atoms with van der Waals surface area (Å²) in [6.07, 6.45) is 0. The fourth-order valence-corrected chi connectivity index (χ4v) is 4.26. The Labute approximate surface area is 135 Å². The number of carbonyl (C=O) groups excluding carboxylic acids is 1. The van der Waals surface area contributed by atoms with Crippen LogP contribution in [0.2, 0.25) is 0 Å². The highest BCUT2D eigenvalue weighted by atomic mass is 32.1. The zero-order chi connectivity index (χ0) is 14.9. The molecule has 2 N–H and O–H groups in total. The van der Waals surface area contributed by atoms with Crippen LogP contribution < -0.4 is 10.6 Å². The van der Waals surface area contributed by atoms with E-state index in [1.807, 2.05) is 48.5 Å². The molecule has 0 saturated carbocycles. The molecular weight excluding hydrogens is 312 g/mol. The van der Waals surface area contributed by atoms with E-state index >= 15 is 0 Å². The molecule has 0 aliphatic carbocycles. The Balaban J connectivity index is 1.52. The molecule has 2 aromatic carbocycles. The van der Waals surface area contributed by atoms with Gasteiger partial charge in [-0.3, -0.25) is 10.6 Å². The van der Waals surface area contributed by atoms with Crippen molar-refractivity contribution in [2.75, 3.05) is 10.6 Å². The van der Waals surface area contributed by atoms with E-state index in [2.05, 4.69) is 22.8 Å². The second kappa shape index (κ2) is 5.44. The number of carbonyl (C=O) groups is 1. The molecule has 4 aromatic rings. The third kappa shape index (κ3) is 2.56. The molecule has 2 aromatic heterocycles. The average Bonchev–Trinajstić information content (AvgIpc) is 3.08. The van der Waals surface area contributed by atoms with Crippen LogP contribution in [0.3, 0.4) is 0 Å². The number of amides is 2.